The highest BCUT2D eigenvalue weighted by molar-refractivity contribution is 7.09. The average molecular weight is 329 g/mol. The Bertz CT molecular complexity index is 641. The summed E-state index contributed by atoms with van der Waals surface area (Å²) in [7, 11) is 1.65. The van der Waals surface area contributed by atoms with E-state index in [2.05, 4.69) is 51.3 Å². The molecule has 0 saturated heterocycles. The molecule has 4 nitrogen and oxygen atoms in total. The summed E-state index contributed by atoms with van der Waals surface area (Å²) in [5.41, 5.74) is 2.47. The van der Waals surface area contributed by atoms with Crippen molar-refractivity contribution in [1.29, 1.82) is 0 Å². The third kappa shape index (κ3) is 4.18. The van der Waals surface area contributed by atoms with E-state index in [-0.39, 0.29) is 5.91 Å². The lowest BCUT2D eigenvalue weighted by Crippen LogP contribution is -2.30. The predicted molar refractivity (Wildman–Crippen MR) is 93.5 cm³/mol. The summed E-state index contributed by atoms with van der Waals surface area (Å²) in [6.45, 7) is 0.776. The molecule has 23 heavy (non-hydrogen) atoms. The maximum atomic E-state index is 11.4. The molecule has 0 bridgehead atoms. The lowest BCUT2D eigenvalue weighted by Gasteiger charge is -2.21. The highest BCUT2D eigenvalue weighted by Gasteiger charge is 2.28. The van der Waals surface area contributed by atoms with Crippen LogP contribution in [0.15, 0.2) is 35.7 Å². The molecule has 2 atom stereocenters. The molecular weight excluding hydrogens is 306 g/mol. The zero-order chi connectivity index (χ0) is 16.1. The van der Waals surface area contributed by atoms with Crippen LogP contribution in [0.3, 0.4) is 0 Å². The first-order valence-corrected chi connectivity index (χ1v) is 9.06. The molecule has 2 N–H and O–H groups in total. The Morgan fingerprint density at radius 2 is 2.13 bits per heavy atom. The summed E-state index contributed by atoms with van der Waals surface area (Å²) >= 11 is 1.56. The van der Waals surface area contributed by atoms with Crippen molar-refractivity contribution in [3.05, 3.63) is 52.0 Å². The van der Waals surface area contributed by atoms with Crippen LogP contribution in [0.25, 0.3) is 0 Å². The fourth-order valence-electron chi connectivity index (χ4n) is 3.28. The first kappa shape index (κ1) is 16.1. The third-order valence-corrected chi connectivity index (χ3v) is 5.38. The van der Waals surface area contributed by atoms with Crippen LogP contribution in [0.5, 0.6) is 0 Å². The molecule has 1 amide bonds. The Balaban J connectivity index is 1.56. The van der Waals surface area contributed by atoms with Gasteiger partial charge < -0.3 is 10.6 Å². The second-order valence-corrected chi connectivity index (χ2v) is 6.96. The van der Waals surface area contributed by atoms with Gasteiger partial charge in [-0.1, -0.05) is 36.8 Å². The van der Waals surface area contributed by atoms with Gasteiger partial charge in [0.1, 0.15) is 5.01 Å². The zero-order valence-corrected chi connectivity index (χ0v) is 14.2. The molecule has 0 radical (unpaired) electrons. The van der Waals surface area contributed by atoms with Crippen LogP contribution in [0.4, 0.5) is 0 Å². The van der Waals surface area contributed by atoms with E-state index < -0.39 is 0 Å². The van der Waals surface area contributed by atoms with Crippen LogP contribution in [-0.4, -0.2) is 24.0 Å². The topological polar surface area (TPSA) is 54.0 Å². The van der Waals surface area contributed by atoms with Crippen molar-refractivity contribution >= 4 is 17.2 Å². The van der Waals surface area contributed by atoms with Crippen molar-refractivity contribution < 1.29 is 4.79 Å². The van der Waals surface area contributed by atoms with E-state index in [0.717, 1.165) is 17.2 Å². The molecule has 1 aromatic carbocycles. The highest BCUT2D eigenvalue weighted by atomic mass is 32.1. The number of likely N-dealkylation sites (N-methyl/N-ethyl adjacent to an activating group) is 1. The van der Waals surface area contributed by atoms with Crippen molar-refractivity contribution in [3.63, 3.8) is 0 Å². The predicted octanol–water partition coefficient (Wildman–Crippen LogP) is 2.86. The number of nitrogens with one attached hydrogen (secondary N) is 2. The van der Waals surface area contributed by atoms with Gasteiger partial charge in [0, 0.05) is 25.0 Å². The monoisotopic (exact) mass is 329 g/mol. The number of nitrogens with zero attached hydrogens (tertiary/aromatic N) is 1. The summed E-state index contributed by atoms with van der Waals surface area (Å²) in [5.74, 6) is 0.610. The molecule has 3 rings (SSSR count). The molecule has 1 saturated carbocycles. The standard InChI is InChI=1S/C18H23N3OS/c1-19-17(22)10-18-21-14(12-23-18)11-20-16-9-5-8-15(16)13-6-3-2-4-7-13/h2-4,6-7,12,15-16,20H,5,8-11H2,1H3,(H,19,22)/t15-,16-/m1/s1. The van der Waals surface area contributed by atoms with Gasteiger partial charge in [-0.25, -0.2) is 4.98 Å². The van der Waals surface area contributed by atoms with Crippen molar-refractivity contribution in [2.75, 3.05) is 7.05 Å². The van der Waals surface area contributed by atoms with Crippen molar-refractivity contribution in [3.8, 4) is 0 Å². The van der Waals surface area contributed by atoms with Gasteiger partial charge in [0.15, 0.2) is 0 Å². The Labute approximate surface area is 141 Å². The quantitative estimate of drug-likeness (QED) is 0.857. The summed E-state index contributed by atoms with van der Waals surface area (Å²) in [6, 6.07) is 11.3. The SMILES string of the molecule is CNC(=O)Cc1nc(CN[C@@H]2CCC[C@@H]2c2ccccc2)cs1. The second-order valence-electron chi connectivity index (χ2n) is 6.02. The minimum absolute atomic E-state index is 0.0128. The highest BCUT2D eigenvalue weighted by Crippen LogP contribution is 2.34. The first-order chi connectivity index (χ1) is 11.3. The molecule has 0 aliphatic heterocycles. The molecular formula is C18H23N3OS. The van der Waals surface area contributed by atoms with E-state index in [0.29, 0.717) is 18.4 Å². The number of carbonyl (C=O) groups excluding carboxylic acids is 1. The van der Waals surface area contributed by atoms with Gasteiger partial charge in [-0.05, 0) is 24.3 Å². The van der Waals surface area contributed by atoms with Crippen LogP contribution in [-0.2, 0) is 17.8 Å². The molecule has 1 fully saturated rings. The number of aromatic nitrogens is 1. The van der Waals surface area contributed by atoms with Crippen LogP contribution in [0.2, 0.25) is 0 Å². The van der Waals surface area contributed by atoms with E-state index in [4.69, 9.17) is 0 Å². The number of amides is 1. The number of carbonyl (C=O) groups is 1. The average Bonchev–Trinajstić information content (AvgIpc) is 3.22. The summed E-state index contributed by atoms with van der Waals surface area (Å²) in [6.07, 6.45) is 4.11. The first-order valence-electron chi connectivity index (χ1n) is 8.18. The fraction of sp³-hybridized carbons (Fsp3) is 0.444. The van der Waals surface area contributed by atoms with E-state index in [1.54, 1.807) is 18.4 Å². The Hall–Kier alpha value is -1.72. The molecule has 1 heterocycles. The molecule has 1 aliphatic carbocycles. The Morgan fingerprint density at radius 3 is 2.91 bits per heavy atom. The van der Waals surface area contributed by atoms with Gasteiger partial charge in [-0.15, -0.1) is 11.3 Å². The summed E-state index contributed by atoms with van der Waals surface area (Å²) in [4.78, 5) is 15.9. The van der Waals surface area contributed by atoms with Crippen LogP contribution >= 0.6 is 11.3 Å². The smallest absolute Gasteiger partial charge is 0.226 e. The third-order valence-electron chi connectivity index (χ3n) is 4.48. The van der Waals surface area contributed by atoms with E-state index in [9.17, 15) is 4.79 Å². The largest absolute Gasteiger partial charge is 0.359 e. The van der Waals surface area contributed by atoms with Crippen LogP contribution in [0, 0.1) is 0 Å². The minimum Gasteiger partial charge on any atom is -0.359 e. The summed E-state index contributed by atoms with van der Waals surface area (Å²) in [5, 5.41) is 9.24. The van der Waals surface area contributed by atoms with E-state index in [1.165, 1.54) is 24.8 Å². The maximum Gasteiger partial charge on any atom is 0.226 e. The molecule has 0 spiro atoms. The summed E-state index contributed by atoms with van der Waals surface area (Å²) < 4.78 is 0. The number of benzene rings is 1. The second kappa shape index (κ2) is 7.70. The van der Waals surface area contributed by atoms with E-state index in [1.807, 2.05) is 0 Å². The molecule has 1 aliphatic rings. The van der Waals surface area contributed by atoms with Crippen molar-refractivity contribution in [2.24, 2.45) is 0 Å². The van der Waals surface area contributed by atoms with Gasteiger partial charge in [0.2, 0.25) is 5.91 Å². The maximum absolute atomic E-state index is 11.4. The molecule has 0 unspecified atom stereocenters. The van der Waals surface area contributed by atoms with Crippen molar-refractivity contribution in [1.82, 2.24) is 15.6 Å². The van der Waals surface area contributed by atoms with E-state index >= 15 is 0 Å². The Kier molecular flexibility index (Phi) is 5.41. The van der Waals surface area contributed by atoms with Gasteiger partial charge in [0.25, 0.3) is 0 Å². The van der Waals surface area contributed by atoms with Crippen LogP contribution in [0.1, 0.15) is 41.4 Å². The number of thiazole rings is 1. The lowest BCUT2D eigenvalue weighted by atomic mass is 9.94. The molecule has 1 aromatic heterocycles. The van der Waals surface area contributed by atoms with Gasteiger partial charge in [-0.2, -0.15) is 0 Å². The fourth-order valence-corrected chi connectivity index (χ4v) is 4.07. The number of hydrogen-bond acceptors (Lipinski definition) is 4. The van der Waals surface area contributed by atoms with Crippen molar-refractivity contribution in [2.45, 2.75) is 44.2 Å². The van der Waals surface area contributed by atoms with Gasteiger partial charge in [-0.3, -0.25) is 4.79 Å². The normalized spacial score (nSPS) is 20.6. The zero-order valence-electron chi connectivity index (χ0n) is 13.4. The molecule has 2 aromatic rings. The lowest BCUT2D eigenvalue weighted by molar-refractivity contribution is -0.119. The Morgan fingerprint density at radius 1 is 1.30 bits per heavy atom. The molecule has 5 heteroatoms. The number of hydrogen-bond donors (Lipinski definition) is 2. The van der Waals surface area contributed by atoms with Gasteiger partial charge >= 0.3 is 0 Å². The van der Waals surface area contributed by atoms with Crippen LogP contribution < -0.4 is 10.6 Å². The number of rotatable bonds is 6. The molecule has 122 valence electrons. The van der Waals surface area contributed by atoms with Gasteiger partial charge in [0.05, 0.1) is 12.1 Å². The minimum atomic E-state index is 0.0128.